The third-order valence-corrected chi connectivity index (χ3v) is 6.64. The molecule has 0 aliphatic heterocycles. The molecule has 0 aliphatic carbocycles. The van der Waals surface area contributed by atoms with Gasteiger partial charge < -0.3 is 0 Å². The van der Waals surface area contributed by atoms with Crippen molar-refractivity contribution in [3.05, 3.63) is 102 Å². The van der Waals surface area contributed by atoms with E-state index in [1.54, 1.807) is 6.20 Å². The number of hydrogen-bond acceptors (Lipinski definition) is 5. The molecule has 0 N–H and O–H groups in total. The first-order chi connectivity index (χ1) is 18.1. The van der Waals surface area contributed by atoms with Crippen LogP contribution in [0.15, 0.2) is 91.1 Å². The second-order valence-corrected chi connectivity index (χ2v) is 11.6. The van der Waals surface area contributed by atoms with Crippen LogP contribution in [-0.2, 0) is 10.8 Å². The molecule has 0 aliphatic rings. The van der Waals surface area contributed by atoms with Gasteiger partial charge in [0.05, 0.1) is 11.4 Å². The topological polar surface area (TPSA) is 64.5 Å². The first-order valence-corrected chi connectivity index (χ1v) is 12.9. The molecule has 190 valence electrons. The van der Waals surface area contributed by atoms with Gasteiger partial charge in [-0.1, -0.05) is 102 Å². The average molecular weight is 500 g/mol. The lowest BCUT2D eigenvalue weighted by molar-refractivity contribution is 0.590. The number of rotatable bonds is 4. The van der Waals surface area contributed by atoms with Gasteiger partial charge in [0.2, 0.25) is 5.82 Å². The molecule has 0 saturated carbocycles. The third-order valence-electron chi connectivity index (χ3n) is 6.64. The summed E-state index contributed by atoms with van der Waals surface area (Å²) in [6.45, 7) is 13.3. The molecule has 5 aromatic rings. The van der Waals surface area contributed by atoms with E-state index in [4.69, 9.17) is 15.1 Å². The minimum Gasteiger partial charge on any atom is -0.255 e. The molecule has 0 bridgehead atoms. The Morgan fingerprint density at radius 1 is 0.474 bits per heavy atom. The summed E-state index contributed by atoms with van der Waals surface area (Å²) >= 11 is 0. The van der Waals surface area contributed by atoms with E-state index in [-0.39, 0.29) is 10.8 Å². The normalized spacial score (nSPS) is 11.9. The highest BCUT2D eigenvalue weighted by Crippen LogP contribution is 2.33. The van der Waals surface area contributed by atoms with Crippen LogP contribution in [0.5, 0.6) is 0 Å². The SMILES string of the molecule is CC(C)(C)c1ccc(-c2nnc(-c3cccc(-c4ccccn4)n3)nc2-c2ccc(C(C)(C)C)cc2)cc1. The molecular formula is C33H33N5. The minimum absolute atomic E-state index is 0.0645. The molecule has 5 rings (SSSR count). The van der Waals surface area contributed by atoms with E-state index < -0.39 is 0 Å². The Morgan fingerprint density at radius 3 is 1.58 bits per heavy atom. The Balaban J connectivity index is 1.63. The van der Waals surface area contributed by atoms with E-state index in [0.29, 0.717) is 11.5 Å². The molecule has 3 aromatic heterocycles. The summed E-state index contributed by atoms with van der Waals surface area (Å²) in [5.74, 6) is 0.479. The van der Waals surface area contributed by atoms with Crippen LogP contribution in [0, 0.1) is 0 Å². The largest absolute Gasteiger partial charge is 0.255 e. The fourth-order valence-electron chi connectivity index (χ4n) is 4.30. The maximum Gasteiger partial charge on any atom is 0.201 e. The van der Waals surface area contributed by atoms with Gasteiger partial charge in [-0.2, -0.15) is 0 Å². The lowest BCUT2D eigenvalue weighted by atomic mass is 9.86. The highest BCUT2D eigenvalue weighted by molar-refractivity contribution is 5.79. The van der Waals surface area contributed by atoms with Crippen molar-refractivity contribution >= 4 is 0 Å². The van der Waals surface area contributed by atoms with Crippen LogP contribution in [0.4, 0.5) is 0 Å². The molecule has 0 unspecified atom stereocenters. The summed E-state index contributed by atoms with van der Waals surface area (Å²) in [5.41, 5.74) is 8.40. The maximum absolute atomic E-state index is 5.03. The average Bonchev–Trinajstić information content (AvgIpc) is 2.92. The van der Waals surface area contributed by atoms with Crippen molar-refractivity contribution < 1.29 is 0 Å². The van der Waals surface area contributed by atoms with E-state index in [1.807, 2.05) is 36.4 Å². The van der Waals surface area contributed by atoms with E-state index in [1.165, 1.54) is 11.1 Å². The zero-order chi connectivity index (χ0) is 26.9. The first kappa shape index (κ1) is 25.4. The molecule has 2 aromatic carbocycles. The van der Waals surface area contributed by atoms with Gasteiger partial charge >= 0.3 is 0 Å². The summed E-state index contributed by atoms with van der Waals surface area (Å²) in [5, 5.41) is 9.23. The Morgan fingerprint density at radius 2 is 1.03 bits per heavy atom. The van der Waals surface area contributed by atoms with E-state index in [9.17, 15) is 0 Å². The smallest absolute Gasteiger partial charge is 0.201 e. The second-order valence-electron chi connectivity index (χ2n) is 11.6. The maximum atomic E-state index is 5.03. The molecule has 3 heterocycles. The number of aromatic nitrogens is 5. The zero-order valence-electron chi connectivity index (χ0n) is 22.9. The van der Waals surface area contributed by atoms with Crippen molar-refractivity contribution in [2.24, 2.45) is 0 Å². The van der Waals surface area contributed by atoms with Gasteiger partial charge in [-0.05, 0) is 46.2 Å². The fourth-order valence-corrected chi connectivity index (χ4v) is 4.30. The molecular weight excluding hydrogens is 466 g/mol. The number of pyridine rings is 2. The van der Waals surface area contributed by atoms with Crippen LogP contribution >= 0.6 is 0 Å². The summed E-state index contributed by atoms with van der Waals surface area (Å²) in [4.78, 5) is 14.3. The van der Waals surface area contributed by atoms with Crippen molar-refractivity contribution in [3.63, 3.8) is 0 Å². The lowest BCUT2D eigenvalue weighted by Gasteiger charge is -2.20. The third kappa shape index (κ3) is 5.37. The second kappa shape index (κ2) is 9.90. The number of hydrogen-bond donors (Lipinski definition) is 0. The molecule has 38 heavy (non-hydrogen) atoms. The van der Waals surface area contributed by atoms with Crippen molar-refractivity contribution in [1.29, 1.82) is 0 Å². The molecule has 0 saturated heterocycles. The summed E-state index contributed by atoms with van der Waals surface area (Å²) in [6, 6.07) is 28.7. The zero-order valence-corrected chi connectivity index (χ0v) is 22.9. The van der Waals surface area contributed by atoms with Crippen molar-refractivity contribution in [2.45, 2.75) is 52.4 Å². The standard InChI is InChI=1S/C33H33N5/c1-32(2,3)24-17-13-22(14-18-24)29-30(23-15-19-25(20-16-23)33(4,5)6)37-38-31(36-29)28-12-9-11-27(35-28)26-10-7-8-21-34-26/h7-21H,1-6H3. The van der Waals surface area contributed by atoms with Gasteiger partial charge in [0, 0.05) is 17.3 Å². The van der Waals surface area contributed by atoms with Crippen LogP contribution in [0.3, 0.4) is 0 Å². The number of nitrogens with zero attached hydrogens (tertiary/aromatic N) is 5. The Hall–Kier alpha value is -4.25. The molecule has 0 atom stereocenters. The molecule has 0 spiro atoms. The van der Waals surface area contributed by atoms with Crippen molar-refractivity contribution in [2.75, 3.05) is 0 Å². The van der Waals surface area contributed by atoms with Crippen LogP contribution in [-0.4, -0.2) is 25.1 Å². The molecule has 5 heteroatoms. The Kier molecular flexibility index (Phi) is 6.62. The van der Waals surface area contributed by atoms with E-state index in [0.717, 1.165) is 33.9 Å². The van der Waals surface area contributed by atoms with Gasteiger partial charge in [0.25, 0.3) is 0 Å². The highest BCUT2D eigenvalue weighted by atomic mass is 15.2. The molecule has 0 amide bonds. The quantitative estimate of drug-likeness (QED) is 0.251. The minimum atomic E-state index is 0.0645. The van der Waals surface area contributed by atoms with E-state index in [2.05, 4.69) is 100 Å². The van der Waals surface area contributed by atoms with Crippen LogP contribution < -0.4 is 0 Å². The van der Waals surface area contributed by atoms with Crippen LogP contribution in [0.2, 0.25) is 0 Å². The highest BCUT2D eigenvalue weighted by Gasteiger charge is 2.19. The van der Waals surface area contributed by atoms with Crippen molar-refractivity contribution in [3.8, 4) is 45.4 Å². The van der Waals surface area contributed by atoms with Crippen LogP contribution in [0.25, 0.3) is 45.4 Å². The van der Waals surface area contributed by atoms with Gasteiger partial charge in [0.1, 0.15) is 17.1 Å². The van der Waals surface area contributed by atoms with Crippen molar-refractivity contribution in [1.82, 2.24) is 25.1 Å². The summed E-state index contributed by atoms with van der Waals surface area (Å²) in [6.07, 6.45) is 1.76. The first-order valence-electron chi connectivity index (χ1n) is 12.9. The van der Waals surface area contributed by atoms with Gasteiger partial charge in [-0.3, -0.25) is 4.98 Å². The Labute approximate surface area is 225 Å². The fraction of sp³-hybridized carbons (Fsp3) is 0.242. The Bertz CT molecular complexity index is 1540. The lowest BCUT2D eigenvalue weighted by Crippen LogP contribution is -2.11. The van der Waals surface area contributed by atoms with Crippen LogP contribution in [0.1, 0.15) is 52.7 Å². The number of benzene rings is 2. The van der Waals surface area contributed by atoms with Gasteiger partial charge in [0.15, 0.2) is 0 Å². The van der Waals surface area contributed by atoms with E-state index >= 15 is 0 Å². The monoisotopic (exact) mass is 499 g/mol. The molecule has 0 fully saturated rings. The van der Waals surface area contributed by atoms with Gasteiger partial charge in [-0.15, -0.1) is 10.2 Å². The summed E-state index contributed by atoms with van der Waals surface area (Å²) < 4.78 is 0. The predicted molar refractivity (Wildman–Crippen MR) is 155 cm³/mol. The van der Waals surface area contributed by atoms with Gasteiger partial charge in [-0.25, -0.2) is 9.97 Å². The predicted octanol–water partition coefficient (Wildman–Crippen LogP) is 7.92. The molecule has 5 nitrogen and oxygen atoms in total. The molecule has 0 radical (unpaired) electrons. The summed E-state index contributed by atoms with van der Waals surface area (Å²) in [7, 11) is 0.